The Bertz CT molecular complexity index is 1600. The smallest absolute Gasteiger partial charge is 0.338 e. The number of hydrogen-bond donors (Lipinski definition) is 1. The number of hydrogen-bond acceptors (Lipinski definition) is 7. The third kappa shape index (κ3) is 4.80. The Morgan fingerprint density at radius 2 is 1.81 bits per heavy atom. The number of aryl methyl sites for hydroxylation is 2. The van der Waals surface area contributed by atoms with Gasteiger partial charge in [-0.3, -0.25) is 18.7 Å². The first-order valence-electron chi connectivity index (χ1n) is 11.1. The molecule has 9 nitrogen and oxygen atoms in total. The maximum absolute atomic E-state index is 13.2. The van der Waals surface area contributed by atoms with Crippen LogP contribution in [0.15, 0.2) is 58.1 Å². The molecular formula is C26H25N3O6S. The lowest BCUT2D eigenvalue weighted by Gasteiger charge is -2.10. The van der Waals surface area contributed by atoms with Crippen molar-refractivity contribution in [2.24, 2.45) is 7.05 Å². The number of fused-ring (bicyclic) bond motifs is 1. The molecule has 0 aliphatic carbocycles. The molecule has 0 fully saturated rings. The number of methoxy groups -OCH3 is 2. The van der Waals surface area contributed by atoms with Gasteiger partial charge in [-0.05, 0) is 47.9 Å². The van der Waals surface area contributed by atoms with E-state index in [2.05, 4.69) is 5.32 Å². The van der Waals surface area contributed by atoms with E-state index in [1.165, 1.54) is 17.7 Å². The molecule has 1 N–H and O–H groups in total. The average Bonchev–Trinajstić information content (AvgIpc) is 3.34. The number of rotatable bonds is 7. The van der Waals surface area contributed by atoms with Crippen molar-refractivity contribution in [3.8, 4) is 5.75 Å². The van der Waals surface area contributed by atoms with Crippen LogP contribution >= 0.6 is 11.3 Å². The first-order valence-corrected chi connectivity index (χ1v) is 11.9. The van der Waals surface area contributed by atoms with Crippen LogP contribution in [0.3, 0.4) is 0 Å². The van der Waals surface area contributed by atoms with E-state index in [0.717, 1.165) is 21.5 Å². The Morgan fingerprint density at radius 3 is 2.50 bits per heavy atom. The number of benzene rings is 2. The van der Waals surface area contributed by atoms with Crippen LogP contribution < -0.4 is 21.3 Å². The second-order valence-corrected chi connectivity index (χ2v) is 9.27. The minimum absolute atomic E-state index is 0.0248. The van der Waals surface area contributed by atoms with E-state index in [-0.39, 0.29) is 24.4 Å². The van der Waals surface area contributed by atoms with Crippen LogP contribution in [-0.4, -0.2) is 35.2 Å². The standard InChI is InChI=1S/C26H25N3O6S/c1-15-10-17(8-9-19(15)25(32)35-4)14-29-23(31)20-12-21(36-24(20)28(2)26(29)33)22(30)27-13-16-6-5-7-18(11-16)34-3/h5-12H,13-14H2,1-4H3,(H,27,30). The zero-order chi connectivity index (χ0) is 26.0. The Labute approximate surface area is 210 Å². The molecule has 4 rings (SSSR count). The van der Waals surface area contributed by atoms with Crippen molar-refractivity contribution in [3.05, 3.63) is 96.5 Å². The highest BCUT2D eigenvalue weighted by Crippen LogP contribution is 2.22. The van der Waals surface area contributed by atoms with Crippen LogP contribution in [0, 0.1) is 6.92 Å². The van der Waals surface area contributed by atoms with E-state index in [0.29, 0.717) is 32.1 Å². The van der Waals surface area contributed by atoms with E-state index >= 15 is 0 Å². The van der Waals surface area contributed by atoms with Crippen molar-refractivity contribution in [1.82, 2.24) is 14.5 Å². The summed E-state index contributed by atoms with van der Waals surface area (Å²) in [5.74, 6) is -0.107. The summed E-state index contributed by atoms with van der Waals surface area (Å²) in [6.07, 6.45) is 0. The molecule has 2 aromatic heterocycles. The number of carbonyl (C=O) groups is 2. The summed E-state index contributed by atoms with van der Waals surface area (Å²) in [5.41, 5.74) is 1.67. The van der Waals surface area contributed by atoms with Crippen LogP contribution in [-0.2, 0) is 24.9 Å². The Kier molecular flexibility index (Phi) is 7.07. The molecule has 0 aliphatic rings. The zero-order valence-electron chi connectivity index (χ0n) is 20.3. The normalized spacial score (nSPS) is 10.9. The molecule has 0 spiro atoms. The van der Waals surface area contributed by atoms with Gasteiger partial charge in [-0.2, -0.15) is 0 Å². The van der Waals surface area contributed by atoms with E-state index in [1.807, 2.05) is 24.3 Å². The third-order valence-corrected chi connectivity index (χ3v) is 7.07. The van der Waals surface area contributed by atoms with Gasteiger partial charge in [0.1, 0.15) is 10.6 Å². The molecule has 0 radical (unpaired) electrons. The number of nitrogens with one attached hydrogen (secondary N) is 1. The van der Waals surface area contributed by atoms with Gasteiger partial charge < -0.3 is 14.8 Å². The van der Waals surface area contributed by atoms with Gasteiger partial charge in [0, 0.05) is 13.6 Å². The van der Waals surface area contributed by atoms with Crippen molar-refractivity contribution in [2.75, 3.05) is 14.2 Å². The maximum atomic E-state index is 13.2. The summed E-state index contributed by atoms with van der Waals surface area (Å²) in [6.45, 7) is 2.07. The largest absolute Gasteiger partial charge is 0.497 e. The second-order valence-electron chi connectivity index (χ2n) is 8.24. The Morgan fingerprint density at radius 1 is 1.03 bits per heavy atom. The molecule has 2 aromatic carbocycles. The number of ether oxygens (including phenoxy) is 2. The lowest BCUT2D eigenvalue weighted by Crippen LogP contribution is -2.38. The molecule has 0 saturated carbocycles. The minimum atomic E-state index is -0.493. The van der Waals surface area contributed by atoms with E-state index in [9.17, 15) is 19.2 Å². The van der Waals surface area contributed by atoms with Gasteiger partial charge in [-0.15, -0.1) is 11.3 Å². The lowest BCUT2D eigenvalue weighted by molar-refractivity contribution is 0.0599. The molecular weight excluding hydrogens is 482 g/mol. The van der Waals surface area contributed by atoms with Crippen molar-refractivity contribution >= 4 is 33.4 Å². The highest BCUT2D eigenvalue weighted by atomic mass is 32.1. The SMILES string of the molecule is COC(=O)c1ccc(Cn2c(=O)c3cc(C(=O)NCc4cccc(OC)c4)sc3n(C)c2=O)cc1C. The van der Waals surface area contributed by atoms with Gasteiger partial charge in [-0.1, -0.05) is 24.3 Å². The van der Waals surface area contributed by atoms with Crippen LogP contribution in [0.25, 0.3) is 10.2 Å². The summed E-state index contributed by atoms with van der Waals surface area (Å²) in [5, 5.41) is 3.13. The Hall–Kier alpha value is -4.18. The van der Waals surface area contributed by atoms with E-state index < -0.39 is 17.2 Å². The van der Waals surface area contributed by atoms with Crippen molar-refractivity contribution in [2.45, 2.75) is 20.0 Å². The summed E-state index contributed by atoms with van der Waals surface area (Å²) in [7, 11) is 4.45. The van der Waals surface area contributed by atoms with Crippen molar-refractivity contribution in [3.63, 3.8) is 0 Å². The van der Waals surface area contributed by atoms with Crippen LogP contribution in [0.2, 0.25) is 0 Å². The predicted molar refractivity (Wildman–Crippen MR) is 137 cm³/mol. The van der Waals surface area contributed by atoms with Gasteiger partial charge in [0.05, 0.1) is 36.6 Å². The first kappa shape index (κ1) is 24.9. The summed E-state index contributed by atoms with van der Waals surface area (Å²) in [4.78, 5) is 51.7. The van der Waals surface area contributed by atoms with Gasteiger partial charge in [0.15, 0.2) is 0 Å². The van der Waals surface area contributed by atoms with Crippen molar-refractivity contribution < 1.29 is 19.1 Å². The van der Waals surface area contributed by atoms with E-state index in [1.54, 1.807) is 39.3 Å². The molecule has 10 heteroatoms. The zero-order valence-corrected chi connectivity index (χ0v) is 21.1. The molecule has 2 heterocycles. The fourth-order valence-corrected chi connectivity index (χ4v) is 4.95. The highest BCUT2D eigenvalue weighted by Gasteiger charge is 2.18. The minimum Gasteiger partial charge on any atom is -0.497 e. The fourth-order valence-electron chi connectivity index (χ4n) is 3.93. The maximum Gasteiger partial charge on any atom is 0.338 e. The summed E-state index contributed by atoms with van der Waals surface area (Å²) in [6, 6.07) is 13.9. The third-order valence-electron chi connectivity index (χ3n) is 5.86. The summed E-state index contributed by atoms with van der Waals surface area (Å²) >= 11 is 1.09. The molecule has 36 heavy (non-hydrogen) atoms. The van der Waals surface area contributed by atoms with Gasteiger partial charge in [0.2, 0.25) is 0 Å². The number of carbonyl (C=O) groups excluding carboxylic acids is 2. The quantitative estimate of drug-likeness (QED) is 0.386. The van der Waals surface area contributed by atoms with Gasteiger partial charge >= 0.3 is 11.7 Å². The number of nitrogens with zero attached hydrogens (tertiary/aromatic N) is 2. The molecule has 0 unspecified atom stereocenters. The predicted octanol–water partition coefficient (Wildman–Crippen LogP) is 2.84. The van der Waals surface area contributed by atoms with E-state index in [4.69, 9.17) is 9.47 Å². The molecule has 186 valence electrons. The molecule has 0 bridgehead atoms. The average molecular weight is 508 g/mol. The summed E-state index contributed by atoms with van der Waals surface area (Å²) < 4.78 is 12.5. The van der Waals surface area contributed by atoms with Gasteiger partial charge in [0.25, 0.3) is 11.5 Å². The lowest BCUT2D eigenvalue weighted by atomic mass is 10.1. The second kappa shape index (κ2) is 10.2. The van der Waals surface area contributed by atoms with Crippen LogP contribution in [0.1, 0.15) is 36.7 Å². The fraction of sp³-hybridized carbons (Fsp3) is 0.231. The highest BCUT2D eigenvalue weighted by molar-refractivity contribution is 7.20. The molecule has 0 saturated heterocycles. The van der Waals surface area contributed by atoms with Crippen molar-refractivity contribution in [1.29, 1.82) is 0 Å². The molecule has 0 aliphatic heterocycles. The molecule has 4 aromatic rings. The monoisotopic (exact) mass is 507 g/mol. The molecule has 0 atom stereocenters. The number of amides is 1. The topological polar surface area (TPSA) is 109 Å². The van der Waals surface area contributed by atoms with Gasteiger partial charge in [-0.25, -0.2) is 9.59 Å². The Balaban J connectivity index is 1.62. The molecule has 1 amide bonds. The number of aromatic nitrogens is 2. The number of esters is 1. The first-order chi connectivity index (χ1) is 17.2. The van der Waals surface area contributed by atoms with Crippen LogP contribution in [0.4, 0.5) is 0 Å². The van der Waals surface area contributed by atoms with Crippen LogP contribution in [0.5, 0.6) is 5.75 Å². The number of thiophene rings is 1.